The van der Waals surface area contributed by atoms with Crippen LogP contribution in [0.25, 0.3) is 0 Å². The molecule has 5 heteroatoms. The van der Waals surface area contributed by atoms with Crippen molar-refractivity contribution in [2.45, 2.75) is 59.5 Å². The van der Waals surface area contributed by atoms with Crippen LogP contribution in [-0.4, -0.2) is 21.7 Å². The molecule has 0 spiro atoms. The molecule has 112 valence electrons. The summed E-state index contributed by atoms with van der Waals surface area (Å²) in [6.07, 6.45) is 3.50. The first-order valence-corrected chi connectivity index (χ1v) is 7.52. The third-order valence-corrected chi connectivity index (χ3v) is 4.83. The third-order valence-electron chi connectivity index (χ3n) is 4.83. The number of nitrogens with zero attached hydrogens (tertiary/aromatic N) is 2. The van der Waals surface area contributed by atoms with E-state index < -0.39 is 0 Å². The smallest absolute Gasteiger partial charge is 0.241 e. The molecule has 1 amide bonds. The lowest BCUT2D eigenvalue weighted by Crippen LogP contribution is -2.39. The lowest BCUT2D eigenvalue weighted by Gasteiger charge is -2.21. The first kappa shape index (κ1) is 14.9. The number of nitrogens with two attached hydrogens (primary N) is 1. The first-order valence-electron chi connectivity index (χ1n) is 7.52. The zero-order valence-corrected chi connectivity index (χ0v) is 12.9. The zero-order valence-electron chi connectivity index (χ0n) is 12.9. The van der Waals surface area contributed by atoms with Crippen molar-refractivity contribution >= 4 is 11.6 Å². The number of aryl methyl sites for hydroxylation is 1. The molecule has 20 heavy (non-hydrogen) atoms. The second-order valence-corrected chi connectivity index (χ2v) is 6.02. The van der Waals surface area contributed by atoms with Gasteiger partial charge in [-0.15, -0.1) is 0 Å². The molecular weight excluding hydrogens is 252 g/mol. The van der Waals surface area contributed by atoms with Crippen LogP contribution in [0.3, 0.4) is 0 Å². The molecule has 3 unspecified atom stereocenters. The van der Waals surface area contributed by atoms with E-state index in [4.69, 9.17) is 5.73 Å². The van der Waals surface area contributed by atoms with Gasteiger partial charge in [0.05, 0.1) is 17.1 Å². The summed E-state index contributed by atoms with van der Waals surface area (Å²) >= 11 is 0. The maximum atomic E-state index is 12.2. The van der Waals surface area contributed by atoms with Crippen LogP contribution < -0.4 is 11.1 Å². The molecule has 1 aliphatic rings. The molecule has 0 saturated heterocycles. The van der Waals surface area contributed by atoms with Crippen molar-refractivity contribution in [2.24, 2.45) is 11.8 Å². The molecule has 1 aromatic heterocycles. The van der Waals surface area contributed by atoms with Gasteiger partial charge >= 0.3 is 0 Å². The van der Waals surface area contributed by atoms with Crippen LogP contribution in [0.15, 0.2) is 0 Å². The fraction of sp³-hybridized carbons (Fsp3) is 0.733. The van der Waals surface area contributed by atoms with Crippen LogP contribution >= 0.6 is 0 Å². The van der Waals surface area contributed by atoms with E-state index in [0.29, 0.717) is 17.6 Å². The van der Waals surface area contributed by atoms with Crippen molar-refractivity contribution < 1.29 is 4.79 Å². The number of amides is 1. The fourth-order valence-corrected chi connectivity index (χ4v) is 3.28. The van der Waals surface area contributed by atoms with Crippen LogP contribution in [0, 0.1) is 25.7 Å². The maximum Gasteiger partial charge on any atom is 0.241 e. The quantitative estimate of drug-likeness (QED) is 0.885. The van der Waals surface area contributed by atoms with Crippen molar-refractivity contribution in [3.8, 4) is 0 Å². The molecule has 3 atom stereocenters. The lowest BCUT2D eigenvalue weighted by atomic mass is 9.93. The van der Waals surface area contributed by atoms with Crippen molar-refractivity contribution in [3.63, 3.8) is 0 Å². The highest BCUT2D eigenvalue weighted by Crippen LogP contribution is 2.33. The summed E-state index contributed by atoms with van der Waals surface area (Å²) in [5.41, 5.74) is 8.22. The standard InChI is InChI=1S/C15H26N4O/c1-5-12-6-7-13(9(12)2)17-14(20)8-19-11(4)15(16)10(3)18-19/h9,12-13H,5-8,16H2,1-4H3,(H,17,20). The lowest BCUT2D eigenvalue weighted by molar-refractivity contribution is -0.122. The number of carbonyl (C=O) groups excluding carboxylic acids is 1. The molecule has 1 fully saturated rings. The van der Waals surface area contributed by atoms with E-state index in [1.165, 1.54) is 12.8 Å². The number of carbonyl (C=O) groups is 1. The molecule has 0 aliphatic heterocycles. The minimum absolute atomic E-state index is 0.0317. The molecule has 0 radical (unpaired) electrons. The van der Waals surface area contributed by atoms with E-state index in [1.807, 2.05) is 13.8 Å². The molecule has 1 saturated carbocycles. The molecule has 2 rings (SSSR count). The Labute approximate surface area is 120 Å². The van der Waals surface area contributed by atoms with Gasteiger partial charge in [-0.05, 0) is 38.5 Å². The molecule has 0 bridgehead atoms. The van der Waals surface area contributed by atoms with E-state index in [9.17, 15) is 4.79 Å². The van der Waals surface area contributed by atoms with Gasteiger partial charge in [-0.25, -0.2) is 0 Å². The molecular formula is C15H26N4O. The van der Waals surface area contributed by atoms with Gasteiger partial charge in [0.1, 0.15) is 6.54 Å². The third kappa shape index (κ3) is 2.81. The maximum absolute atomic E-state index is 12.2. The number of anilines is 1. The van der Waals surface area contributed by atoms with E-state index in [2.05, 4.69) is 24.3 Å². The Morgan fingerprint density at radius 3 is 2.65 bits per heavy atom. The molecule has 0 aromatic carbocycles. The summed E-state index contributed by atoms with van der Waals surface area (Å²) in [4.78, 5) is 12.2. The normalized spacial score (nSPS) is 25.9. The molecule has 5 nitrogen and oxygen atoms in total. The number of hydrogen-bond acceptors (Lipinski definition) is 3. The van der Waals surface area contributed by atoms with Crippen LogP contribution in [0.2, 0.25) is 0 Å². The van der Waals surface area contributed by atoms with Gasteiger partial charge < -0.3 is 11.1 Å². The predicted octanol–water partition coefficient (Wildman–Crippen LogP) is 2.02. The molecule has 1 heterocycles. The Hall–Kier alpha value is -1.52. The van der Waals surface area contributed by atoms with Crippen LogP contribution in [0.4, 0.5) is 5.69 Å². The van der Waals surface area contributed by atoms with E-state index in [-0.39, 0.29) is 12.5 Å². The van der Waals surface area contributed by atoms with Crippen LogP contribution in [0.5, 0.6) is 0 Å². The molecule has 3 N–H and O–H groups in total. The Kier molecular flexibility index (Phi) is 4.35. The minimum Gasteiger partial charge on any atom is -0.396 e. The topological polar surface area (TPSA) is 72.9 Å². The van der Waals surface area contributed by atoms with Crippen molar-refractivity contribution in [1.82, 2.24) is 15.1 Å². The minimum atomic E-state index is 0.0317. The second kappa shape index (κ2) is 5.85. The summed E-state index contributed by atoms with van der Waals surface area (Å²) < 4.78 is 1.69. The summed E-state index contributed by atoms with van der Waals surface area (Å²) in [7, 11) is 0. The van der Waals surface area contributed by atoms with Gasteiger partial charge in [-0.3, -0.25) is 9.48 Å². The highest BCUT2D eigenvalue weighted by Gasteiger charge is 2.32. The predicted molar refractivity (Wildman–Crippen MR) is 80.2 cm³/mol. The van der Waals surface area contributed by atoms with E-state index >= 15 is 0 Å². The van der Waals surface area contributed by atoms with E-state index in [1.54, 1.807) is 4.68 Å². The summed E-state index contributed by atoms with van der Waals surface area (Å²) in [6.45, 7) is 8.48. The van der Waals surface area contributed by atoms with Crippen LogP contribution in [-0.2, 0) is 11.3 Å². The largest absolute Gasteiger partial charge is 0.396 e. The highest BCUT2D eigenvalue weighted by molar-refractivity contribution is 5.76. The summed E-state index contributed by atoms with van der Waals surface area (Å²) in [6, 6.07) is 0.307. The van der Waals surface area contributed by atoms with Gasteiger partial charge in [-0.1, -0.05) is 20.3 Å². The van der Waals surface area contributed by atoms with Crippen LogP contribution in [0.1, 0.15) is 44.5 Å². The number of rotatable bonds is 4. The molecule has 1 aromatic rings. The SMILES string of the molecule is CCC1CCC(NC(=O)Cn2nc(C)c(N)c2C)C1C. The summed E-state index contributed by atoms with van der Waals surface area (Å²) in [5, 5.41) is 7.46. The Balaban J connectivity index is 1.95. The monoisotopic (exact) mass is 278 g/mol. The molecule has 1 aliphatic carbocycles. The first-order chi connectivity index (χ1) is 9.43. The van der Waals surface area contributed by atoms with Crippen molar-refractivity contribution in [2.75, 3.05) is 5.73 Å². The number of nitrogens with one attached hydrogen (secondary N) is 1. The Morgan fingerprint density at radius 1 is 1.45 bits per heavy atom. The van der Waals surface area contributed by atoms with E-state index in [0.717, 1.165) is 23.7 Å². The van der Waals surface area contributed by atoms with Gasteiger partial charge in [0.25, 0.3) is 0 Å². The zero-order chi connectivity index (χ0) is 14.9. The summed E-state index contributed by atoms with van der Waals surface area (Å²) in [5.74, 6) is 1.34. The Morgan fingerprint density at radius 2 is 2.15 bits per heavy atom. The van der Waals surface area contributed by atoms with Gasteiger partial charge in [-0.2, -0.15) is 5.10 Å². The van der Waals surface area contributed by atoms with Crippen molar-refractivity contribution in [3.05, 3.63) is 11.4 Å². The average Bonchev–Trinajstić information content (AvgIpc) is 2.86. The van der Waals surface area contributed by atoms with Crippen molar-refractivity contribution in [1.29, 1.82) is 0 Å². The Bertz CT molecular complexity index is 494. The number of hydrogen-bond donors (Lipinski definition) is 2. The second-order valence-electron chi connectivity index (χ2n) is 6.02. The van der Waals surface area contributed by atoms with Gasteiger partial charge in [0.2, 0.25) is 5.91 Å². The highest BCUT2D eigenvalue weighted by atomic mass is 16.2. The fourth-order valence-electron chi connectivity index (χ4n) is 3.28. The van der Waals surface area contributed by atoms with Gasteiger partial charge in [0, 0.05) is 6.04 Å². The average molecular weight is 278 g/mol. The number of aromatic nitrogens is 2. The number of nitrogen functional groups attached to an aromatic ring is 1. The van der Waals surface area contributed by atoms with Gasteiger partial charge in [0.15, 0.2) is 0 Å².